The Labute approximate surface area is 221 Å². The number of carboxylic acid groups (broad SMARTS) is 1. The highest BCUT2D eigenvalue weighted by molar-refractivity contribution is 5.81. The van der Waals surface area contributed by atoms with Crippen LogP contribution in [0.1, 0.15) is 89.0 Å². The molecule has 2 heterocycles. The minimum absolute atomic E-state index is 0.0191. The first-order valence-corrected chi connectivity index (χ1v) is 13.3. The summed E-state index contributed by atoms with van der Waals surface area (Å²) < 4.78 is 37.3. The highest BCUT2D eigenvalue weighted by Gasteiger charge is 2.38. The first-order chi connectivity index (χ1) is 18.0. The number of aryl methyl sites for hydroxylation is 1. The van der Waals surface area contributed by atoms with Crippen molar-refractivity contribution in [1.29, 1.82) is 0 Å². The maximum absolute atomic E-state index is 12.1. The summed E-state index contributed by atoms with van der Waals surface area (Å²) in [6.07, 6.45) is 7.62. The molecule has 38 heavy (non-hydrogen) atoms. The maximum atomic E-state index is 12.1. The van der Waals surface area contributed by atoms with Gasteiger partial charge in [-0.15, -0.1) is 0 Å². The van der Waals surface area contributed by atoms with Gasteiger partial charge in [0.1, 0.15) is 0 Å². The van der Waals surface area contributed by atoms with Gasteiger partial charge >= 0.3 is 12.1 Å². The Morgan fingerprint density at radius 3 is 2.24 bits per heavy atom. The second kappa shape index (κ2) is 15.5. The van der Waals surface area contributed by atoms with E-state index in [9.17, 15) is 18.0 Å². The van der Waals surface area contributed by atoms with Crippen molar-refractivity contribution in [2.24, 2.45) is 5.73 Å². The zero-order valence-electron chi connectivity index (χ0n) is 22.2. The third kappa shape index (κ3) is 10.4. The smallest absolute Gasteiger partial charge is 0.475 e. The molecule has 1 aromatic carbocycles. The molecule has 0 saturated carbocycles. The summed E-state index contributed by atoms with van der Waals surface area (Å²) in [5.41, 5.74) is 8.05. The minimum Gasteiger partial charge on any atom is -0.475 e. The van der Waals surface area contributed by atoms with Crippen molar-refractivity contribution in [2.45, 2.75) is 96.2 Å². The lowest BCUT2D eigenvalue weighted by molar-refractivity contribution is -0.192. The maximum Gasteiger partial charge on any atom is 0.490 e. The van der Waals surface area contributed by atoms with Crippen LogP contribution in [-0.4, -0.2) is 57.3 Å². The molecule has 212 valence electrons. The van der Waals surface area contributed by atoms with Crippen molar-refractivity contribution in [3.05, 3.63) is 35.7 Å². The molecule has 8 nitrogen and oxygen atoms in total. The molecule has 1 amide bonds. The molecule has 2 unspecified atom stereocenters. The number of carbonyl (C=O) groups is 2. The van der Waals surface area contributed by atoms with Gasteiger partial charge in [0.05, 0.1) is 12.0 Å². The number of nitrogens with zero attached hydrogens (tertiary/aromatic N) is 3. The van der Waals surface area contributed by atoms with Crippen LogP contribution in [0.3, 0.4) is 0 Å². The zero-order valence-corrected chi connectivity index (χ0v) is 22.2. The minimum atomic E-state index is -5.08. The summed E-state index contributed by atoms with van der Waals surface area (Å²) in [7, 11) is 0. The molecule has 0 bridgehead atoms. The summed E-state index contributed by atoms with van der Waals surface area (Å²) in [6.45, 7) is 5.27. The highest BCUT2D eigenvalue weighted by atomic mass is 19.4. The van der Waals surface area contributed by atoms with Crippen LogP contribution in [0.25, 0.3) is 11.4 Å². The number of carboxylic acids is 1. The molecular formula is C27H39F3N4O4. The van der Waals surface area contributed by atoms with Gasteiger partial charge in [-0.1, -0.05) is 81.3 Å². The van der Waals surface area contributed by atoms with Crippen molar-refractivity contribution < 1.29 is 32.4 Å². The van der Waals surface area contributed by atoms with Gasteiger partial charge in [-0.3, -0.25) is 4.79 Å². The van der Waals surface area contributed by atoms with Crippen molar-refractivity contribution in [3.63, 3.8) is 0 Å². The van der Waals surface area contributed by atoms with Crippen molar-refractivity contribution in [1.82, 2.24) is 15.0 Å². The van der Waals surface area contributed by atoms with Crippen LogP contribution in [0, 0.1) is 0 Å². The third-order valence-corrected chi connectivity index (χ3v) is 6.45. The highest BCUT2D eigenvalue weighted by Crippen LogP contribution is 2.28. The molecule has 1 aliphatic rings. The number of likely N-dealkylation sites (tertiary alicyclic amines) is 1. The Kier molecular flexibility index (Phi) is 12.7. The third-order valence-electron chi connectivity index (χ3n) is 6.45. The normalized spacial score (nSPS) is 16.2. The zero-order chi connectivity index (χ0) is 28.1. The fourth-order valence-corrected chi connectivity index (χ4v) is 4.25. The summed E-state index contributed by atoms with van der Waals surface area (Å²) in [5.74, 6) is -1.46. The first kappa shape index (κ1) is 31.3. The van der Waals surface area contributed by atoms with Crippen LogP contribution in [0.15, 0.2) is 28.8 Å². The molecule has 0 aliphatic carbocycles. The number of aliphatic carboxylic acids is 1. The number of benzene rings is 1. The van der Waals surface area contributed by atoms with Crippen LogP contribution in [0.5, 0.6) is 0 Å². The summed E-state index contributed by atoms with van der Waals surface area (Å²) in [4.78, 5) is 27.4. The Morgan fingerprint density at radius 1 is 1.11 bits per heavy atom. The quantitative estimate of drug-likeness (QED) is 0.330. The average molecular weight is 541 g/mol. The lowest BCUT2D eigenvalue weighted by Crippen LogP contribution is -2.40. The van der Waals surface area contributed by atoms with Gasteiger partial charge in [0.2, 0.25) is 17.6 Å². The number of unbranched alkanes of at least 4 members (excludes halogenated alkanes) is 7. The second-order valence-electron chi connectivity index (χ2n) is 9.74. The van der Waals surface area contributed by atoms with Gasteiger partial charge in [0, 0.05) is 18.7 Å². The van der Waals surface area contributed by atoms with Crippen molar-refractivity contribution >= 4 is 11.9 Å². The van der Waals surface area contributed by atoms with Gasteiger partial charge < -0.3 is 20.3 Å². The van der Waals surface area contributed by atoms with Gasteiger partial charge in [0.15, 0.2) is 0 Å². The van der Waals surface area contributed by atoms with E-state index in [1.165, 1.54) is 56.9 Å². The van der Waals surface area contributed by atoms with Crippen LogP contribution in [-0.2, 0) is 16.0 Å². The second-order valence-corrected chi connectivity index (χ2v) is 9.74. The Balaban J connectivity index is 0.000000638. The number of alkyl halides is 3. The molecule has 2 aromatic rings. The van der Waals surface area contributed by atoms with Gasteiger partial charge in [-0.2, -0.15) is 18.2 Å². The van der Waals surface area contributed by atoms with E-state index in [2.05, 4.69) is 41.3 Å². The Morgan fingerprint density at radius 2 is 1.68 bits per heavy atom. The van der Waals surface area contributed by atoms with Crippen LogP contribution >= 0.6 is 0 Å². The largest absolute Gasteiger partial charge is 0.490 e. The van der Waals surface area contributed by atoms with Crippen molar-refractivity contribution in [2.75, 3.05) is 13.1 Å². The average Bonchev–Trinajstić information content (AvgIpc) is 3.55. The molecular weight excluding hydrogens is 501 g/mol. The number of rotatable bonds is 12. The number of hydrogen-bond donors (Lipinski definition) is 2. The van der Waals surface area contributed by atoms with Crippen LogP contribution in [0.4, 0.5) is 13.2 Å². The fraction of sp³-hybridized carbons (Fsp3) is 0.630. The summed E-state index contributed by atoms with van der Waals surface area (Å²) >= 11 is 0. The summed E-state index contributed by atoms with van der Waals surface area (Å²) in [5, 5.41) is 11.3. The van der Waals surface area contributed by atoms with Gasteiger partial charge in [-0.05, 0) is 31.7 Å². The summed E-state index contributed by atoms with van der Waals surface area (Å²) in [6, 6.07) is 8.03. The standard InChI is InChI=1S/C25H38N4O2.C2HF3O2/c1-3-4-5-6-7-8-9-10-11-20-12-14-21(15-13-20)23-27-24(31-28-23)22-16-17-29(18-22)25(30)19(2)26;3-2(4,5)1(6)7/h12-15,19,22H,3-11,16-18,26H2,1-2H3;(H,6,7). The first-order valence-electron chi connectivity index (χ1n) is 13.3. The molecule has 1 aromatic heterocycles. The predicted molar refractivity (Wildman–Crippen MR) is 137 cm³/mol. The van der Waals surface area contributed by atoms with E-state index >= 15 is 0 Å². The SMILES string of the molecule is CCCCCCCCCCc1ccc(-c2noc(C3CCN(C(=O)C(C)N)C3)n2)cc1.O=C(O)C(F)(F)F. The Bertz CT molecular complexity index is 993. The van der Waals surface area contributed by atoms with Gasteiger partial charge in [0.25, 0.3) is 0 Å². The fourth-order valence-electron chi connectivity index (χ4n) is 4.25. The van der Waals surface area contributed by atoms with Crippen molar-refractivity contribution in [3.8, 4) is 11.4 Å². The van der Waals surface area contributed by atoms with E-state index in [0.717, 1.165) is 18.4 Å². The molecule has 1 fully saturated rings. The van der Waals surface area contributed by atoms with E-state index in [-0.39, 0.29) is 11.8 Å². The molecule has 1 saturated heterocycles. The van der Waals surface area contributed by atoms with E-state index in [0.29, 0.717) is 24.8 Å². The number of nitrogens with two attached hydrogens (primary N) is 1. The number of halogens is 3. The molecule has 3 rings (SSSR count). The monoisotopic (exact) mass is 540 g/mol. The van der Waals surface area contributed by atoms with Gasteiger partial charge in [-0.25, -0.2) is 4.79 Å². The van der Waals surface area contributed by atoms with E-state index < -0.39 is 18.2 Å². The number of hydrogen-bond acceptors (Lipinski definition) is 6. The van der Waals surface area contributed by atoms with E-state index in [1.807, 2.05) is 0 Å². The molecule has 0 radical (unpaired) electrons. The number of aromatic nitrogens is 2. The molecule has 11 heteroatoms. The lowest BCUT2D eigenvalue weighted by Gasteiger charge is -2.17. The van der Waals surface area contributed by atoms with E-state index in [1.54, 1.807) is 11.8 Å². The Hall–Kier alpha value is -2.95. The van der Waals surface area contributed by atoms with Crippen LogP contribution < -0.4 is 5.73 Å². The number of carbonyl (C=O) groups excluding carboxylic acids is 1. The molecule has 3 N–H and O–H groups in total. The van der Waals surface area contributed by atoms with E-state index in [4.69, 9.17) is 20.2 Å². The molecule has 0 spiro atoms. The molecule has 1 aliphatic heterocycles. The topological polar surface area (TPSA) is 123 Å². The number of amides is 1. The lowest BCUT2D eigenvalue weighted by atomic mass is 10.0. The van der Waals surface area contributed by atoms with Crippen LogP contribution in [0.2, 0.25) is 0 Å². The molecule has 2 atom stereocenters. The predicted octanol–water partition coefficient (Wildman–Crippen LogP) is 5.72.